The highest BCUT2D eigenvalue weighted by Gasteiger charge is 2.11. The molecule has 0 radical (unpaired) electrons. The van der Waals surface area contributed by atoms with Gasteiger partial charge >= 0.3 is 0 Å². The highest BCUT2D eigenvalue weighted by atomic mass is 16.5. The third kappa shape index (κ3) is 3.98. The first-order valence-electron chi connectivity index (χ1n) is 5.00. The van der Waals surface area contributed by atoms with E-state index in [-0.39, 0.29) is 5.78 Å². The van der Waals surface area contributed by atoms with Gasteiger partial charge in [0.05, 0.1) is 0 Å². The fourth-order valence-corrected chi connectivity index (χ4v) is 1.16. The monoisotopic (exact) mass is 204 g/mol. The van der Waals surface area contributed by atoms with Gasteiger partial charge in [-0.2, -0.15) is 0 Å². The number of carbonyl (C=O) groups excluding carboxylic acids is 1. The summed E-state index contributed by atoms with van der Waals surface area (Å²) in [5.74, 6) is 0.722. The summed E-state index contributed by atoms with van der Waals surface area (Å²) < 4.78 is 5.48. The minimum absolute atomic E-state index is 0.00106. The Morgan fingerprint density at radius 2 is 1.87 bits per heavy atom. The third-order valence-electron chi connectivity index (χ3n) is 1.89. The molecule has 2 nitrogen and oxygen atoms in total. The molecule has 80 valence electrons. The lowest BCUT2D eigenvalue weighted by Crippen LogP contribution is -2.21. The molecule has 1 aromatic carbocycles. The molecule has 0 aromatic heterocycles. The molecule has 0 saturated carbocycles. The number of para-hydroxylation sites is 1. The Balaban J connectivity index is 2.60. The second-order valence-electron chi connectivity index (χ2n) is 3.70. The number of allylic oxidation sites excluding steroid dienone is 1. The average Bonchev–Trinajstić information content (AvgIpc) is 2.18. The zero-order valence-electron chi connectivity index (χ0n) is 9.36. The van der Waals surface area contributed by atoms with Crippen LogP contribution in [0.2, 0.25) is 0 Å². The number of rotatable bonds is 4. The Bertz CT molecular complexity index is 348. The smallest absolute Gasteiger partial charge is 0.195 e. The van der Waals surface area contributed by atoms with Crippen molar-refractivity contribution >= 4 is 5.78 Å². The first-order chi connectivity index (χ1) is 7.09. The zero-order valence-corrected chi connectivity index (χ0v) is 9.36. The molecule has 1 atom stereocenters. The van der Waals surface area contributed by atoms with Crippen molar-refractivity contribution in [3.63, 3.8) is 0 Å². The van der Waals surface area contributed by atoms with E-state index in [1.165, 1.54) is 0 Å². The van der Waals surface area contributed by atoms with Gasteiger partial charge in [-0.1, -0.05) is 23.8 Å². The maximum Gasteiger partial charge on any atom is 0.195 e. The first kappa shape index (κ1) is 11.5. The van der Waals surface area contributed by atoms with Crippen LogP contribution in [-0.4, -0.2) is 11.9 Å². The fourth-order valence-electron chi connectivity index (χ4n) is 1.16. The summed E-state index contributed by atoms with van der Waals surface area (Å²) in [7, 11) is 0. The van der Waals surface area contributed by atoms with E-state index in [2.05, 4.69) is 0 Å². The van der Waals surface area contributed by atoms with Crippen LogP contribution in [-0.2, 0) is 4.79 Å². The predicted octanol–water partition coefficient (Wildman–Crippen LogP) is 2.99. The molecule has 0 aliphatic heterocycles. The maximum absolute atomic E-state index is 11.6. The number of carbonyl (C=O) groups is 1. The van der Waals surface area contributed by atoms with Crippen LogP contribution in [0.1, 0.15) is 20.8 Å². The molecule has 1 aromatic rings. The van der Waals surface area contributed by atoms with Crippen LogP contribution >= 0.6 is 0 Å². The topological polar surface area (TPSA) is 26.3 Å². The predicted molar refractivity (Wildman–Crippen MR) is 61.0 cm³/mol. The summed E-state index contributed by atoms with van der Waals surface area (Å²) in [6.45, 7) is 5.55. The van der Waals surface area contributed by atoms with Crippen molar-refractivity contribution in [2.75, 3.05) is 0 Å². The summed E-state index contributed by atoms with van der Waals surface area (Å²) in [5.41, 5.74) is 0.989. The van der Waals surface area contributed by atoms with E-state index < -0.39 is 6.10 Å². The first-order valence-corrected chi connectivity index (χ1v) is 5.00. The fraction of sp³-hybridized carbons (Fsp3) is 0.308. The van der Waals surface area contributed by atoms with Crippen LogP contribution in [0.15, 0.2) is 42.0 Å². The SMILES string of the molecule is CC(C)=CC(=O)C(C)Oc1ccccc1. The molecule has 1 rings (SSSR count). The van der Waals surface area contributed by atoms with Crippen LogP contribution in [0.5, 0.6) is 5.75 Å². The molecule has 0 amide bonds. The maximum atomic E-state index is 11.6. The average molecular weight is 204 g/mol. The Morgan fingerprint density at radius 1 is 1.27 bits per heavy atom. The molecule has 0 aliphatic carbocycles. The number of hydrogen-bond donors (Lipinski definition) is 0. The lowest BCUT2D eigenvalue weighted by Gasteiger charge is -2.11. The largest absolute Gasteiger partial charge is 0.483 e. The molecule has 1 unspecified atom stereocenters. The summed E-state index contributed by atoms with van der Waals surface area (Å²) in [6, 6.07) is 9.36. The molecular weight excluding hydrogens is 188 g/mol. The molecule has 15 heavy (non-hydrogen) atoms. The molecule has 0 aliphatic rings. The standard InChI is InChI=1S/C13H16O2/c1-10(2)9-13(14)11(3)15-12-7-5-4-6-8-12/h4-9,11H,1-3H3. The van der Waals surface area contributed by atoms with E-state index >= 15 is 0 Å². The van der Waals surface area contributed by atoms with Gasteiger partial charge in [0.25, 0.3) is 0 Å². The molecule has 0 fully saturated rings. The Hall–Kier alpha value is -1.57. The molecule has 0 saturated heterocycles. The summed E-state index contributed by atoms with van der Waals surface area (Å²) in [4.78, 5) is 11.6. The van der Waals surface area contributed by atoms with Gasteiger partial charge in [-0.3, -0.25) is 4.79 Å². The molecule has 0 spiro atoms. The van der Waals surface area contributed by atoms with Gasteiger partial charge in [0, 0.05) is 0 Å². The van der Waals surface area contributed by atoms with Crippen LogP contribution in [0.3, 0.4) is 0 Å². The molecule has 0 N–H and O–H groups in total. The molecule has 0 heterocycles. The summed E-state index contributed by atoms with van der Waals surface area (Å²) in [5, 5.41) is 0. The highest BCUT2D eigenvalue weighted by Crippen LogP contribution is 2.11. The third-order valence-corrected chi connectivity index (χ3v) is 1.89. The second-order valence-corrected chi connectivity index (χ2v) is 3.70. The summed E-state index contributed by atoms with van der Waals surface area (Å²) >= 11 is 0. The Kier molecular flexibility index (Phi) is 4.10. The van der Waals surface area contributed by atoms with Crippen LogP contribution in [0.4, 0.5) is 0 Å². The van der Waals surface area contributed by atoms with Gasteiger partial charge in [0.2, 0.25) is 0 Å². The van der Waals surface area contributed by atoms with Gasteiger partial charge in [0.1, 0.15) is 5.75 Å². The minimum Gasteiger partial charge on any atom is -0.483 e. The van der Waals surface area contributed by atoms with Crippen molar-refractivity contribution in [3.8, 4) is 5.75 Å². The van der Waals surface area contributed by atoms with Gasteiger partial charge in [0.15, 0.2) is 11.9 Å². The van der Waals surface area contributed by atoms with Crippen molar-refractivity contribution in [1.29, 1.82) is 0 Å². The lowest BCUT2D eigenvalue weighted by atomic mass is 10.2. The van der Waals surface area contributed by atoms with E-state index in [0.717, 1.165) is 11.3 Å². The van der Waals surface area contributed by atoms with Gasteiger partial charge in [-0.25, -0.2) is 0 Å². The molecular formula is C13H16O2. The van der Waals surface area contributed by atoms with E-state index in [9.17, 15) is 4.79 Å². The second kappa shape index (κ2) is 5.35. The quantitative estimate of drug-likeness (QED) is 0.705. The van der Waals surface area contributed by atoms with Crippen LogP contribution < -0.4 is 4.74 Å². The van der Waals surface area contributed by atoms with E-state index in [4.69, 9.17) is 4.74 Å². The van der Waals surface area contributed by atoms with Crippen molar-refractivity contribution in [1.82, 2.24) is 0 Å². The highest BCUT2D eigenvalue weighted by molar-refractivity contribution is 5.93. The van der Waals surface area contributed by atoms with Crippen molar-refractivity contribution in [2.24, 2.45) is 0 Å². The van der Waals surface area contributed by atoms with Crippen molar-refractivity contribution < 1.29 is 9.53 Å². The van der Waals surface area contributed by atoms with E-state index in [0.29, 0.717) is 0 Å². The molecule has 0 bridgehead atoms. The van der Waals surface area contributed by atoms with Gasteiger partial charge in [-0.15, -0.1) is 0 Å². The number of benzene rings is 1. The normalized spacial score (nSPS) is 11.7. The number of hydrogen-bond acceptors (Lipinski definition) is 2. The Labute approximate surface area is 90.6 Å². The van der Waals surface area contributed by atoms with E-state index in [1.54, 1.807) is 13.0 Å². The zero-order chi connectivity index (χ0) is 11.3. The van der Waals surface area contributed by atoms with Crippen LogP contribution in [0, 0.1) is 0 Å². The van der Waals surface area contributed by atoms with Crippen molar-refractivity contribution in [3.05, 3.63) is 42.0 Å². The van der Waals surface area contributed by atoms with Gasteiger partial charge < -0.3 is 4.74 Å². The number of ether oxygens (including phenoxy) is 1. The Morgan fingerprint density at radius 3 is 2.40 bits per heavy atom. The van der Waals surface area contributed by atoms with Crippen molar-refractivity contribution in [2.45, 2.75) is 26.9 Å². The van der Waals surface area contributed by atoms with E-state index in [1.807, 2.05) is 44.2 Å². The molecule has 2 heteroatoms. The number of ketones is 1. The summed E-state index contributed by atoms with van der Waals surface area (Å²) in [6.07, 6.45) is 1.18. The van der Waals surface area contributed by atoms with Gasteiger partial charge in [-0.05, 0) is 39.0 Å². The minimum atomic E-state index is -0.428. The van der Waals surface area contributed by atoms with Crippen LogP contribution in [0.25, 0.3) is 0 Å². The lowest BCUT2D eigenvalue weighted by molar-refractivity contribution is -0.120.